The van der Waals surface area contributed by atoms with E-state index in [1.54, 1.807) is 13.4 Å². The van der Waals surface area contributed by atoms with Crippen LogP contribution in [0.25, 0.3) is 0 Å². The van der Waals surface area contributed by atoms with Gasteiger partial charge in [-0.1, -0.05) is 54.6 Å². The monoisotopic (exact) mass is 971 g/mol. The van der Waals surface area contributed by atoms with Crippen LogP contribution in [0.4, 0.5) is 25.2 Å². The van der Waals surface area contributed by atoms with Crippen LogP contribution in [-0.2, 0) is 21.6 Å². The third-order valence-electron chi connectivity index (χ3n) is 6.88. The van der Waals surface area contributed by atoms with Crippen molar-refractivity contribution in [2.75, 3.05) is 10.7 Å². The number of nitrogens with zero attached hydrogens (tertiary/aromatic N) is 6. The quantitative estimate of drug-likeness (QED) is 0.0722. The molecule has 7 nitrogen and oxygen atoms in total. The maximum atomic E-state index is 14.2. The molecule has 0 fully saturated rings. The Morgan fingerprint density at radius 3 is 0.875 bits per heavy atom. The molecule has 0 N–H and O–H groups in total. The minimum atomic E-state index is -10.7. The number of aromatic nitrogens is 6. The predicted molar refractivity (Wildman–Crippen MR) is 222 cm³/mol. The van der Waals surface area contributed by atoms with Gasteiger partial charge >= 0.3 is 57.7 Å². The van der Waals surface area contributed by atoms with Crippen molar-refractivity contribution in [3.8, 4) is 0 Å². The molecule has 3 heterocycles. The molecule has 0 atom stereocenters. The van der Waals surface area contributed by atoms with Gasteiger partial charge < -0.3 is 0 Å². The summed E-state index contributed by atoms with van der Waals surface area (Å²) < 4.78 is 78.1. The molecule has 3 aromatic carbocycles. The fraction of sp³-hybridized carbons (Fsp3) is 0.229. The Morgan fingerprint density at radius 2 is 0.714 bits per heavy atom. The molecule has 6 aromatic rings. The van der Waals surface area contributed by atoms with Crippen LogP contribution in [0, 0.1) is 41.5 Å². The molecule has 0 aliphatic rings. The van der Waals surface area contributed by atoms with E-state index in [2.05, 4.69) is 106 Å². The van der Waals surface area contributed by atoms with E-state index < -0.39 is 23.3 Å². The van der Waals surface area contributed by atoms with Gasteiger partial charge in [-0.2, -0.15) is 28.7 Å². The van der Waals surface area contributed by atoms with E-state index >= 15 is 0 Å². The maximum Gasteiger partial charge on any atom is 1.00 e. The van der Waals surface area contributed by atoms with E-state index in [0.717, 1.165) is 34.2 Å². The molecule has 0 radical (unpaired) electrons. The summed E-state index contributed by atoms with van der Waals surface area (Å²) in [4.78, 5) is 0. The fourth-order valence-electron chi connectivity index (χ4n) is 5.20. The van der Waals surface area contributed by atoms with E-state index in [9.17, 15) is 29.7 Å². The van der Waals surface area contributed by atoms with Crippen LogP contribution in [0.1, 0.15) is 34.2 Å². The average molecular weight is 974 g/mol. The van der Waals surface area contributed by atoms with Crippen LogP contribution in [0.15, 0.2) is 109 Å². The van der Waals surface area contributed by atoms with Crippen molar-refractivity contribution >= 4 is 85.6 Å². The van der Waals surface area contributed by atoms with E-state index in [1.807, 2.05) is 59.7 Å². The number of rotatable bonds is 6. The van der Waals surface area contributed by atoms with Crippen molar-refractivity contribution in [1.82, 2.24) is 28.7 Å². The normalized spacial score (nSPS) is 12.1. The number of halogens is 10. The third kappa shape index (κ3) is 17.2. The standard InChI is InChI=1S/C18H15P.C15H21N6OP.2CH2Cl2.Cu.F6P/c1-4-10-16(11-5-1)19(17-12-6-2-7-13-17)18-14-8-3-9-15-18;1-10-7-13(4)19(16-10)23(22,20-14(5)8-11(2)17-20)21-15(6)9-12(3)18-21;2*2-1-3;;1-7(2,3,4,5)6/h1-15H;7-9H,1-6H3;2*1H2;;/q;;;;+1;-1/p+1. The van der Waals surface area contributed by atoms with Crippen LogP contribution in [0.2, 0.25) is 0 Å². The van der Waals surface area contributed by atoms with E-state index in [4.69, 9.17) is 46.4 Å². The number of hydrogen-bond acceptors (Lipinski definition) is 4. The van der Waals surface area contributed by atoms with Crippen molar-refractivity contribution in [2.45, 2.75) is 41.5 Å². The van der Waals surface area contributed by atoms with Gasteiger partial charge in [0.15, 0.2) is 0 Å². The second-order valence-electron chi connectivity index (χ2n) is 11.6. The zero-order valence-corrected chi connectivity index (χ0v) is 37.6. The minimum Gasteiger partial charge on any atom is -0.0620 e. The van der Waals surface area contributed by atoms with Gasteiger partial charge in [-0.15, -0.1) is 46.4 Å². The van der Waals surface area contributed by atoms with Crippen molar-refractivity contribution < 1.29 is 46.8 Å². The summed E-state index contributed by atoms with van der Waals surface area (Å²) in [7, 11) is -14.9. The Hall–Kier alpha value is -2.36. The first-order valence-electron chi connectivity index (χ1n) is 16.0. The van der Waals surface area contributed by atoms with Gasteiger partial charge in [-0.25, -0.2) is 4.57 Å². The summed E-state index contributed by atoms with van der Waals surface area (Å²) in [6.07, 6.45) is 0. The molecule has 56 heavy (non-hydrogen) atoms. The Kier molecular flexibility index (Phi) is 19.9. The topological polar surface area (TPSA) is 70.5 Å². The molecule has 0 aliphatic carbocycles. The zero-order valence-electron chi connectivity index (χ0n) is 30.9. The Balaban J connectivity index is 0.000000426. The van der Waals surface area contributed by atoms with Crippen LogP contribution >= 0.6 is 69.7 Å². The molecule has 0 aliphatic heterocycles. The summed E-state index contributed by atoms with van der Waals surface area (Å²) in [5, 5.41) is 18.1. The van der Waals surface area contributed by atoms with Crippen LogP contribution in [0.3, 0.4) is 0 Å². The maximum absolute atomic E-state index is 14.2. The van der Waals surface area contributed by atoms with Crippen LogP contribution in [-0.4, -0.2) is 39.3 Å². The number of hydrogen-bond donors (Lipinski definition) is 0. The molecule has 312 valence electrons. The molecule has 0 spiro atoms. The van der Waals surface area contributed by atoms with Crippen molar-refractivity contribution in [1.29, 1.82) is 0 Å². The summed E-state index contributed by atoms with van der Waals surface area (Å²) in [6, 6.07) is 38.2. The fourth-order valence-corrected chi connectivity index (χ4v) is 10.4. The van der Waals surface area contributed by atoms with Gasteiger partial charge in [-0.3, -0.25) is 0 Å². The smallest absolute Gasteiger partial charge is 0.0620 e. The molecule has 0 bridgehead atoms. The van der Waals surface area contributed by atoms with Gasteiger partial charge in [0.2, 0.25) is 0 Å². The van der Waals surface area contributed by atoms with Gasteiger partial charge in [-0.05, 0) is 96.1 Å². The van der Waals surface area contributed by atoms with Crippen molar-refractivity contribution in [2.24, 2.45) is 0 Å². The third-order valence-corrected chi connectivity index (χ3v) is 12.3. The SMILES string of the molecule is Cc1cc(C)n(P(=O)(n2nc(C)cc2C)n2nc(C)cc2C)n1.ClCCl.ClCCl.F[P-](F)(F)(F)(F)F.[Cu+].c1ccc([PH+](c2ccccc2)c2ccccc2)cc1. The van der Waals surface area contributed by atoms with E-state index in [1.165, 1.54) is 15.9 Å². The van der Waals surface area contributed by atoms with Crippen LogP contribution < -0.4 is 15.9 Å². The molecule has 0 saturated carbocycles. The summed E-state index contributed by atoms with van der Waals surface area (Å²) >= 11 is 19.1. The van der Waals surface area contributed by atoms with Gasteiger partial charge in [0.05, 0.1) is 35.7 Å². The molecule has 0 unspecified atom stereocenters. The largest absolute Gasteiger partial charge is 1.00 e. The number of aryl methyl sites for hydroxylation is 6. The summed E-state index contributed by atoms with van der Waals surface area (Å²) in [5.41, 5.74) is 4.87. The summed E-state index contributed by atoms with van der Waals surface area (Å²) in [5.74, 6) is 0. The zero-order chi connectivity index (χ0) is 41.7. The molecule has 0 amide bonds. The van der Waals surface area contributed by atoms with E-state index in [0.29, 0.717) is 0 Å². The molecule has 21 heteroatoms. The van der Waals surface area contributed by atoms with Crippen molar-refractivity contribution in [3.05, 3.63) is 143 Å². The number of benzene rings is 3. The first-order chi connectivity index (χ1) is 25.5. The van der Waals surface area contributed by atoms with Crippen LogP contribution in [0.5, 0.6) is 0 Å². The predicted octanol–water partition coefficient (Wildman–Crippen LogP) is 12.6. The van der Waals surface area contributed by atoms with Gasteiger partial charge in [0.25, 0.3) is 0 Å². The Labute approximate surface area is 354 Å². The molecule has 6 rings (SSSR count). The molecule has 0 saturated heterocycles. The minimum absolute atomic E-state index is 0. The second-order valence-corrected chi connectivity index (χ2v) is 19.8. The van der Waals surface area contributed by atoms with E-state index in [-0.39, 0.29) is 27.7 Å². The molecular weight excluding hydrogens is 933 g/mol. The first-order valence-corrected chi connectivity index (χ1v) is 23.3. The van der Waals surface area contributed by atoms with Gasteiger partial charge in [0.1, 0.15) is 15.9 Å². The number of alkyl halides is 4. The molecule has 3 aromatic heterocycles. The first kappa shape index (κ1) is 51.7. The average Bonchev–Trinajstić information content (AvgIpc) is 3.75. The summed E-state index contributed by atoms with van der Waals surface area (Å²) in [6.45, 7) is 11.3. The Morgan fingerprint density at radius 1 is 0.518 bits per heavy atom. The molecular formula is C35H41Cl4CuF6N6OP3+. The Bertz CT molecular complexity index is 1900. The van der Waals surface area contributed by atoms with Gasteiger partial charge in [0, 0.05) is 17.1 Å². The second kappa shape index (κ2) is 21.6. The van der Waals surface area contributed by atoms with Crippen molar-refractivity contribution in [3.63, 3.8) is 0 Å².